The van der Waals surface area contributed by atoms with Crippen LogP contribution in [0.25, 0.3) is 0 Å². The number of ether oxygens (including phenoxy) is 1. The monoisotopic (exact) mass is 290 g/mol. The topological polar surface area (TPSA) is 75.7 Å². The van der Waals surface area contributed by atoms with E-state index in [1.165, 1.54) is 0 Å². The summed E-state index contributed by atoms with van der Waals surface area (Å²) in [7, 11) is 0. The number of amides is 3. The van der Waals surface area contributed by atoms with Crippen LogP contribution in [0.1, 0.15) is 41.5 Å². The van der Waals surface area contributed by atoms with Gasteiger partial charge >= 0.3 is 6.09 Å². The summed E-state index contributed by atoms with van der Waals surface area (Å²) in [6, 6.07) is 6.67. The molecule has 0 bridgehead atoms. The lowest BCUT2D eigenvalue weighted by Gasteiger charge is -2.20. The summed E-state index contributed by atoms with van der Waals surface area (Å²) in [5.74, 6) is -0.664. The van der Waals surface area contributed by atoms with Gasteiger partial charge in [-0.2, -0.15) is 0 Å². The summed E-state index contributed by atoms with van der Waals surface area (Å²) < 4.78 is 5.08. The molecule has 2 rings (SSSR count). The van der Waals surface area contributed by atoms with Gasteiger partial charge in [0.25, 0.3) is 11.8 Å². The summed E-state index contributed by atoms with van der Waals surface area (Å²) in [5.41, 5.74) is 0.221. The van der Waals surface area contributed by atoms with Gasteiger partial charge in [0.05, 0.1) is 11.1 Å². The molecule has 0 saturated heterocycles. The highest BCUT2D eigenvalue weighted by atomic mass is 16.6. The number of hydrogen-bond acceptors (Lipinski definition) is 4. The first-order valence-electron chi connectivity index (χ1n) is 6.71. The van der Waals surface area contributed by atoms with Gasteiger partial charge in [0.2, 0.25) is 0 Å². The Kier molecular flexibility index (Phi) is 3.97. The number of rotatable bonds is 3. The predicted molar refractivity (Wildman–Crippen MR) is 76.0 cm³/mol. The van der Waals surface area contributed by atoms with E-state index < -0.39 is 11.7 Å². The number of nitrogens with one attached hydrogen (secondary N) is 1. The van der Waals surface area contributed by atoms with Gasteiger partial charge in [-0.05, 0) is 32.9 Å². The molecule has 1 N–H and O–H groups in total. The van der Waals surface area contributed by atoms with Crippen LogP contribution in [-0.4, -0.2) is 41.5 Å². The van der Waals surface area contributed by atoms with Gasteiger partial charge in [-0.25, -0.2) is 4.79 Å². The van der Waals surface area contributed by atoms with Gasteiger partial charge in [-0.3, -0.25) is 14.5 Å². The van der Waals surface area contributed by atoms with E-state index in [1.807, 2.05) is 0 Å². The molecule has 3 amide bonds. The molecule has 1 aromatic carbocycles. The Morgan fingerprint density at radius 2 is 1.67 bits per heavy atom. The van der Waals surface area contributed by atoms with Crippen LogP contribution in [0.3, 0.4) is 0 Å². The lowest BCUT2D eigenvalue weighted by Crippen LogP contribution is -2.40. The minimum Gasteiger partial charge on any atom is -0.444 e. The third-order valence-corrected chi connectivity index (χ3v) is 2.88. The zero-order chi connectivity index (χ0) is 15.6. The van der Waals surface area contributed by atoms with Crippen molar-refractivity contribution in [3.63, 3.8) is 0 Å². The molecule has 0 unspecified atom stereocenters. The van der Waals surface area contributed by atoms with Crippen LogP contribution in [0, 0.1) is 0 Å². The van der Waals surface area contributed by atoms with E-state index in [4.69, 9.17) is 4.74 Å². The molecule has 1 aliphatic heterocycles. The first kappa shape index (κ1) is 15.0. The average molecular weight is 290 g/mol. The summed E-state index contributed by atoms with van der Waals surface area (Å²) in [5, 5.41) is 2.53. The van der Waals surface area contributed by atoms with Gasteiger partial charge in [-0.1, -0.05) is 12.1 Å². The number of carbonyl (C=O) groups excluding carboxylic acids is 3. The van der Waals surface area contributed by atoms with Crippen molar-refractivity contribution >= 4 is 17.9 Å². The zero-order valence-corrected chi connectivity index (χ0v) is 12.3. The van der Waals surface area contributed by atoms with Crippen molar-refractivity contribution in [1.29, 1.82) is 0 Å². The fraction of sp³-hybridized carbons (Fsp3) is 0.400. The molecule has 1 aromatic rings. The molecular formula is C15H18N2O4. The van der Waals surface area contributed by atoms with Gasteiger partial charge in [0.1, 0.15) is 5.60 Å². The van der Waals surface area contributed by atoms with E-state index in [0.717, 1.165) is 4.90 Å². The Hall–Kier alpha value is -2.37. The van der Waals surface area contributed by atoms with Crippen LogP contribution in [0.4, 0.5) is 4.79 Å². The van der Waals surface area contributed by atoms with Gasteiger partial charge < -0.3 is 10.1 Å². The van der Waals surface area contributed by atoms with Gasteiger partial charge in [-0.15, -0.1) is 0 Å². The van der Waals surface area contributed by atoms with Crippen molar-refractivity contribution in [2.45, 2.75) is 26.4 Å². The van der Waals surface area contributed by atoms with E-state index in [1.54, 1.807) is 45.0 Å². The van der Waals surface area contributed by atoms with Crippen LogP contribution in [0.2, 0.25) is 0 Å². The number of fused-ring (bicyclic) bond motifs is 1. The molecule has 1 heterocycles. The molecule has 1 aliphatic rings. The smallest absolute Gasteiger partial charge is 0.407 e. The van der Waals surface area contributed by atoms with Crippen molar-refractivity contribution in [2.75, 3.05) is 13.1 Å². The molecule has 0 saturated carbocycles. The van der Waals surface area contributed by atoms with Crippen molar-refractivity contribution in [3.8, 4) is 0 Å². The zero-order valence-electron chi connectivity index (χ0n) is 12.3. The predicted octanol–water partition coefficient (Wildman–Crippen LogP) is 1.81. The molecular weight excluding hydrogens is 272 g/mol. The minimum atomic E-state index is -0.584. The summed E-state index contributed by atoms with van der Waals surface area (Å²) >= 11 is 0. The Morgan fingerprint density at radius 3 is 2.14 bits per heavy atom. The standard InChI is InChI=1S/C15H18N2O4/c1-15(2,3)21-14(20)16-8-9-17-12(18)10-6-4-5-7-11(10)13(17)19/h4-7H,8-9H2,1-3H3,(H,16,20). The van der Waals surface area contributed by atoms with Crippen molar-refractivity contribution < 1.29 is 19.1 Å². The quantitative estimate of drug-likeness (QED) is 0.861. The van der Waals surface area contributed by atoms with Crippen molar-refractivity contribution in [1.82, 2.24) is 10.2 Å². The van der Waals surface area contributed by atoms with E-state index >= 15 is 0 Å². The first-order chi connectivity index (χ1) is 9.79. The molecule has 6 heteroatoms. The summed E-state index contributed by atoms with van der Waals surface area (Å²) in [6.45, 7) is 5.55. The molecule has 6 nitrogen and oxygen atoms in total. The maximum Gasteiger partial charge on any atom is 0.407 e. The normalized spacial score (nSPS) is 14.1. The molecule has 0 radical (unpaired) electrons. The number of benzene rings is 1. The molecule has 21 heavy (non-hydrogen) atoms. The number of imide groups is 1. The second-order valence-electron chi connectivity index (χ2n) is 5.74. The maximum absolute atomic E-state index is 12.1. The Morgan fingerprint density at radius 1 is 1.14 bits per heavy atom. The van der Waals surface area contributed by atoms with Crippen molar-refractivity contribution in [2.24, 2.45) is 0 Å². The average Bonchev–Trinajstić information content (AvgIpc) is 2.62. The largest absolute Gasteiger partial charge is 0.444 e. The molecule has 0 aliphatic carbocycles. The van der Waals surface area contributed by atoms with Crippen LogP contribution >= 0.6 is 0 Å². The second kappa shape index (κ2) is 5.55. The van der Waals surface area contributed by atoms with E-state index in [9.17, 15) is 14.4 Å². The Labute approximate surface area is 123 Å². The van der Waals surface area contributed by atoms with E-state index in [2.05, 4.69) is 5.32 Å². The molecule has 0 aromatic heterocycles. The Bertz CT molecular complexity index is 555. The molecule has 0 atom stereocenters. The minimum absolute atomic E-state index is 0.117. The third-order valence-electron chi connectivity index (χ3n) is 2.88. The lowest BCUT2D eigenvalue weighted by molar-refractivity contribution is 0.0504. The van der Waals surface area contributed by atoms with Crippen LogP contribution in [-0.2, 0) is 4.74 Å². The fourth-order valence-electron chi connectivity index (χ4n) is 2.03. The summed E-state index contributed by atoms with van der Waals surface area (Å²) in [4.78, 5) is 36.8. The number of nitrogens with zero attached hydrogens (tertiary/aromatic N) is 1. The van der Waals surface area contributed by atoms with Gasteiger partial charge in [0, 0.05) is 13.1 Å². The Balaban J connectivity index is 1.90. The SMILES string of the molecule is CC(C)(C)OC(=O)NCCN1C(=O)c2ccccc2C1=O. The number of carbonyl (C=O) groups is 3. The van der Waals surface area contributed by atoms with Crippen molar-refractivity contribution in [3.05, 3.63) is 35.4 Å². The number of alkyl carbamates (subject to hydrolysis) is 1. The number of hydrogen-bond donors (Lipinski definition) is 1. The molecule has 0 spiro atoms. The van der Waals surface area contributed by atoms with Crippen LogP contribution in [0.5, 0.6) is 0 Å². The van der Waals surface area contributed by atoms with Crippen LogP contribution < -0.4 is 5.32 Å². The van der Waals surface area contributed by atoms with Gasteiger partial charge in [0.15, 0.2) is 0 Å². The highest BCUT2D eigenvalue weighted by Gasteiger charge is 2.34. The summed E-state index contributed by atoms with van der Waals surface area (Å²) in [6.07, 6.45) is -0.570. The highest BCUT2D eigenvalue weighted by Crippen LogP contribution is 2.21. The maximum atomic E-state index is 12.1. The van der Waals surface area contributed by atoms with E-state index in [-0.39, 0.29) is 24.9 Å². The highest BCUT2D eigenvalue weighted by molar-refractivity contribution is 6.21. The molecule has 0 fully saturated rings. The third kappa shape index (κ3) is 3.39. The first-order valence-corrected chi connectivity index (χ1v) is 6.71. The molecule has 112 valence electrons. The second-order valence-corrected chi connectivity index (χ2v) is 5.74. The fourth-order valence-corrected chi connectivity index (χ4v) is 2.03. The van der Waals surface area contributed by atoms with Crippen LogP contribution in [0.15, 0.2) is 24.3 Å². The van der Waals surface area contributed by atoms with E-state index in [0.29, 0.717) is 11.1 Å². The lowest BCUT2D eigenvalue weighted by atomic mass is 10.1.